The Morgan fingerprint density at radius 3 is 3.04 bits per heavy atom. The molecule has 4 rings (SSSR count). The predicted octanol–water partition coefficient (Wildman–Crippen LogP) is 2.75. The lowest BCUT2D eigenvalue weighted by Crippen LogP contribution is -2.42. The van der Waals surface area contributed by atoms with Crippen molar-refractivity contribution in [3.8, 4) is 0 Å². The van der Waals surface area contributed by atoms with E-state index >= 15 is 0 Å². The molecule has 1 aliphatic heterocycles. The third-order valence-corrected chi connectivity index (χ3v) is 5.44. The number of thiophene rings is 1. The first-order valence-corrected chi connectivity index (χ1v) is 8.99. The monoisotopic (exact) mass is 355 g/mol. The zero-order valence-electron chi connectivity index (χ0n) is 13.7. The third kappa shape index (κ3) is 2.91. The second-order valence-corrected chi connectivity index (χ2v) is 7.04. The highest BCUT2D eigenvalue weighted by Crippen LogP contribution is 2.25. The molecular weight excluding hydrogens is 338 g/mol. The van der Waals surface area contributed by atoms with Crippen molar-refractivity contribution in [2.75, 3.05) is 6.54 Å². The fraction of sp³-hybridized carbons (Fsp3) is 0.278. The van der Waals surface area contributed by atoms with Crippen LogP contribution in [0, 0.1) is 0 Å². The smallest absolute Gasteiger partial charge is 0.360 e. The number of aromatic amines is 1. The molecule has 6 nitrogen and oxygen atoms in total. The summed E-state index contributed by atoms with van der Waals surface area (Å²) >= 11 is 1.72. The SMILES string of the molecule is C[C@H](OC(=O)c1n[nH]c2ccccc12)C(=O)N1CCc2sccc2C1. The minimum absolute atomic E-state index is 0.176. The highest BCUT2D eigenvalue weighted by molar-refractivity contribution is 7.10. The van der Waals surface area contributed by atoms with Crippen molar-refractivity contribution < 1.29 is 14.3 Å². The van der Waals surface area contributed by atoms with Crippen molar-refractivity contribution >= 4 is 34.1 Å². The van der Waals surface area contributed by atoms with Gasteiger partial charge in [0, 0.05) is 23.4 Å². The summed E-state index contributed by atoms with van der Waals surface area (Å²) in [4.78, 5) is 28.1. The molecule has 3 heterocycles. The number of nitrogens with one attached hydrogen (secondary N) is 1. The molecule has 1 aliphatic rings. The summed E-state index contributed by atoms with van der Waals surface area (Å²) in [5.74, 6) is -0.767. The molecular formula is C18H17N3O3S. The predicted molar refractivity (Wildman–Crippen MR) is 94.4 cm³/mol. The molecule has 25 heavy (non-hydrogen) atoms. The molecule has 0 aliphatic carbocycles. The van der Waals surface area contributed by atoms with Gasteiger partial charge in [0.2, 0.25) is 0 Å². The Balaban J connectivity index is 1.45. The summed E-state index contributed by atoms with van der Waals surface area (Å²) in [7, 11) is 0. The number of aromatic nitrogens is 2. The minimum atomic E-state index is -0.844. The first-order valence-electron chi connectivity index (χ1n) is 8.11. The zero-order valence-corrected chi connectivity index (χ0v) is 14.5. The molecule has 1 N–H and O–H groups in total. The van der Waals surface area contributed by atoms with Crippen molar-refractivity contribution in [2.45, 2.75) is 26.0 Å². The van der Waals surface area contributed by atoms with Crippen molar-refractivity contribution in [1.82, 2.24) is 15.1 Å². The minimum Gasteiger partial charge on any atom is -0.448 e. The number of ether oxygens (including phenoxy) is 1. The number of nitrogens with zero attached hydrogens (tertiary/aromatic N) is 2. The molecule has 7 heteroatoms. The Hall–Kier alpha value is -2.67. The van der Waals surface area contributed by atoms with E-state index in [1.807, 2.05) is 29.6 Å². The highest BCUT2D eigenvalue weighted by Gasteiger charge is 2.28. The van der Waals surface area contributed by atoms with Gasteiger partial charge in [-0.2, -0.15) is 5.10 Å². The second kappa shape index (κ2) is 6.33. The fourth-order valence-corrected chi connectivity index (χ4v) is 3.97. The van der Waals surface area contributed by atoms with Gasteiger partial charge in [0.15, 0.2) is 11.8 Å². The highest BCUT2D eigenvalue weighted by atomic mass is 32.1. The van der Waals surface area contributed by atoms with Crippen molar-refractivity contribution in [2.24, 2.45) is 0 Å². The normalized spacial score (nSPS) is 15.0. The van der Waals surface area contributed by atoms with E-state index in [4.69, 9.17) is 4.74 Å². The van der Waals surface area contributed by atoms with Gasteiger partial charge in [-0.3, -0.25) is 9.89 Å². The van der Waals surface area contributed by atoms with Crippen LogP contribution in [-0.4, -0.2) is 39.6 Å². The molecule has 1 aromatic carbocycles. The standard InChI is InChI=1S/C18H17N3O3S/c1-11(17(22)21-8-6-15-12(10-21)7-9-25-15)24-18(23)16-13-4-2-3-5-14(13)19-20-16/h2-5,7,9,11H,6,8,10H2,1H3,(H,19,20)/t11-/m0/s1. The number of H-pyrrole nitrogens is 1. The molecule has 0 radical (unpaired) electrons. The number of fused-ring (bicyclic) bond motifs is 2. The first-order chi connectivity index (χ1) is 12.1. The van der Waals surface area contributed by atoms with Crippen molar-refractivity contribution in [3.63, 3.8) is 0 Å². The fourth-order valence-electron chi connectivity index (χ4n) is 3.08. The Morgan fingerprint density at radius 1 is 1.32 bits per heavy atom. The van der Waals surface area contributed by atoms with Crippen LogP contribution < -0.4 is 0 Å². The van der Waals surface area contributed by atoms with E-state index in [-0.39, 0.29) is 11.6 Å². The summed E-state index contributed by atoms with van der Waals surface area (Å²) in [5.41, 5.74) is 2.14. The molecule has 1 amide bonds. The zero-order chi connectivity index (χ0) is 17.4. The van der Waals surface area contributed by atoms with Crippen LogP contribution in [0.4, 0.5) is 0 Å². The molecule has 128 valence electrons. The lowest BCUT2D eigenvalue weighted by Gasteiger charge is -2.29. The number of esters is 1. The summed E-state index contributed by atoms with van der Waals surface area (Å²) in [5, 5.41) is 9.55. The Labute approximate surface area is 148 Å². The number of amides is 1. The molecule has 0 unspecified atom stereocenters. The van der Waals surface area contributed by atoms with Gasteiger partial charge in [-0.1, -0.05) is 18.2 Å². The molecule has 0 spiro atoms. The maximum Gasteiger partial charge on any atom is 0.360 e. The van der Waals surface area contributed by atoms with E-state index in [0.717, 1.165) is 11.9 Å². The van der Waals surface area contributed by atoms with Gasteiger partial charge in [0.25, 0.3) is 5.91 Å². The van der Waals surface area contributed by atoms with Crippen molar-refractivity contribution in [3.05, 3.63) is 51.8 Å². The number of para-hydroxylation sites is 1. The topological polar surface area (TPSA) is 75.3 Å². The number of rotatable bonds is 3. The van der Waals surface area contributed by atoms with Gasteiger partial charge in [-0.25, -0.2) is 4.79 Å². The van der Waals surface area contributed by atoms with Crippen LogP contribution in [-0.2, 0) is 22.5 Å². The van der Waals surface area contributed by atoms with Crippen LogP contribution >= 0.6 is 11.3 Å². The van der Waals surface area contributed by atoms with Crippen molar-refractivity contribution in [1.29, 1.82) is 0 Å². The molecule has 2 aromatic heterocycles. The van der Waals surface area contributed by atoms with Crippen LogP contribution in [0.1, 0.15) is 27.9 Å². The molecule has 0 saturated carbocycles. The molecule has 0 saturated heterocycles. The van der Waals surface area contributed by atoms with E-state index in [1.165, 1.54) is 10.4 Å². The van der Waals surface area contributed by atoms with E-state index in [9.17, 15) is 9.59 Å². The third-order valence-electron chi connectivity index (χ3n) is 4.41. The van der Waals surface area contributed by atoms with Gasteiger partial charge in [-0.15, -0.1) is 11.3 Å². The molecule has 1 atom stereocenters. The summed E-state index contributed by atoms with van der Waals surface area (Å²) in [6.45, 7) is 2.84. The summed E-state index contributed by atoms with van der Waals surface area (Å²) in [6.07, 6.45) is 0.00630. The van der Waals surface area contributed by atoms with E-state index in [0.29, 0.717) is 18.5 Å². The quantitative estimate of drug-likeness (QED) is 0.733. The average molecular weight is 355 g/mol. The summed E-state index contributed by atoms with van der Waals surface area (Å²) < 4.78 is 5.38. The Morgan fingerprint density at radius 2 is 2.16 bits per heavy atom. The maximum absolute atomic E-state index is 12.6. The molecule has 0 bridgehead atoms. The van der Waals surface area contributed by atoms with E-state index in [1.54, 1.807) is 29.2 Å². The number of benzene rings is 1. The lowest BCUT2D eigenvalue weighted by molar-refractivity contribution is -0.140. The van der Waals surface area contributed by atoms with E-state index in [2.05, 4.69) is 10.2 Å². The van der Waals surface area contributed by atoms with Gasteiger partial charge < -0.3 is 9.64 Å². The Kier molecular flexibility index (Phi) is 4.01. The van der Waals surface area contributed by atoms with Gasteiger partial charge in [-0.05, 0) is 36.4 Å². The molecule has 3 aromatic rings. The maximum atomic E-state index is 12.6. The van der Waals surface area contributed by atoms with Crippen LogP contribution in [0.25, 0.3) is 10.9 Å². The number of carbonyl (C=O) groups excluding carboxylic acids is 2. The van der Waals surface area contributed by atoms with Crippen LogP contribution in [0.3, 0.4) is 0 Å². The van der Waals surface area contributed by atoms with Gasteiger partial charge in [0.05, 0.1) is 5.52 Å². The van der Waals surface area contributed by atoms with Gasteiger partial charge in [0.1, 0.15) is 0 Å². The lowest BCUT2D eigenvalue weighted by atomic mass is 10.1. The van der Waals surface area contributed by atoms with Crippen LogP contribution in [0.5, 0.6) is 0 Å². The van der Waals surface area contributed by atoms with Crippen LogP contribution in [0.2, 0.25) is 0 Å². The van der Waals surface area contributed by atoms with E-state index < -0.39 is 12.1 Å². The number of hydrogen-bond donors (Lipinski definition) is 1. The number of carbonyl (C=O) groups is 2. The van der Waals surface area contributed by atoms with Crippen LogP contribution in [0.15, 0.2) is 35.7 Å². The average Bonchev–Trinajstić information content (AvgIpc) is 3.26. The second-order valence-electron chi connectivity index (χ2n) is 6.04. The molecule has 0 fully saturated rings. The largest absolute Gasteiger partial charge is 0.448 e. The number of hydrogen-bond acceptors (Lipinski definition) is 5. The van der Waals surface area contributed by atoms with Gasteiger partial charge >= 0.3 is 5.97 Å². The first kappa shape index (κ1) is 15.8. The summed E-state index contributed by atoms with van der Waals surface area (Å²) in [6, 6.07) is 9.36. The Bertz CT molecular complexity index is 946.